The van der Waals surface area contributed by atoms with Crippen LogP contribution in [0.3, 0.4) is 0 Å². The van der Waals surface area contributed by atoms with Gasteiger partial charge in [0.05, 0.1) is 11.6 Å². The fourth-order valence-corrected chi connectivity index (χ4v) is 2.13. The van der Waals surface area contributed by atoms with E-state index >= 15 is 0 Å². The van der Waals surface area contributed by atoms with E-state index in [-0.39, 0.29) is 11.1 Å². The first-order valence-electron chi connectivity index (χ1n) is 7.04. The molecule has 0 spiro atoms. The minimum absolute atomic E-state index is 0.0295. The maximum Gasteiger partial charge on any atom is 0.142 e. The van der Waals surface area contributed by atoms with Gasteiger partial charge in [-0.2, -0.15) is 0 Å². The lowest BCUT2D eigenvalue weighted by Gasteiger charge is -2.17. The van der Waals surface area contributed by atoms with Gasteiger partial charge in [0.1, 0.15) is 11.6 Å². The van der Waals surface area contributed by atoms with Gasteiger partial charge in [0, 0.05) is 17.8 Å². The van der Waals surface area contributed by atoms with Crippen LogP contribution in [0.5, 0.6) is 5.75 Å². The number of ether oxygens (including phenoxy) is 1. The third-order valence-corrected chi connectivity index (χ3v) is 3.44. The molecule has 0 aliphatic carbocycles. The van der Waals surface area contributed by atoms with Crippen molar-refractivity contribution in [1.82, 2.24) is 0 Å². The Morgan fingerprint density at radius 1 is 1.24 bits per heavy atom. The zero-order chi connectivity index (χ0) is 15.2. The van der Waals surface area contributed by atoms with Crippen molar-refractivity contribution in [3.05, 3.63) is 58.9 Å². The summed E-state index contributed by atoms with van der Waals surface area (Å²) in [5, 5.41) is 3.47. The second-order valence-electron chi connectivity index (χ2n) is 4.92. The van der Waals surface area contributed by atoms with Gasteiger partial charge in [-0.3, -0.25) is 0 Å². The molecule has 0 saturated carbocycles. The zero-order valence-corrected chi connectivity index (χ0v) is 13.0. The fraction of sp³-hybridized carbons (Fsp3) is 0.294. The molecular weight excluding hydrogens is 289 g/mol. The highest BCUT2D eigenvalue weighted by molar-refractivity contribution is 6.30. The number of benzene rings is 2. The quantitative estimate of drug-likeness (QED) is 0.767. The Morgan fingerprint density at radius 2 is 2.05 bits per heavy atom. The fourth-order valence-electron chi connectivity index (χ4n) is 2.01. The van der Waals surface area contributed by atoms with E-state index in [4.69, 9.17) is 16.3 Å². The van der Waals surface area contributed by atoms with Crippen molar-refractivity contribution in [2.24, 2.45) is 0 Å². The summed E-state index contributed by atoms with van der Waals surface area (Å²) in [6.07, 6.45) is 0.970. The second-order valence-corrected chi connectivity index (χ2v) is 5.32. The first-order chi connectivity index (χ1) is 10.1. The second kappa shape index (κ2) is 7.32. The van der Waals surface area contributed by atoms with Gasteiger partial charge < -0.3 is 10.1 Å². The summed E-state index contributed by atoms with van der Waals surface area (Å²) in [4.78, 5) is 0. The molecule has 112 valence electrons. The van der Waals surface area contributed by atoms with E-state index in [1.54, 1.807) is 6.07 Å². The van der Waals surface area contributed by atoms with Gasteiger partial charge in [-0.05, 0) is 43.2 Å². The molecule has 0 bridgehead atoms. The van der Waals surface area contributed by atoms with Crippen molar-refractivity contribution >= 4 is 17.3 Å². The highest BCUT2D eigenvalue weighted by Crippen LogP contribution is 2.25. The summed E-state index contributed by atoms with van der Waals surface area (Å²) in [5.41, 5.74) is 1.78. The number of rotatable bonds is 6. The molecule has 2 rings (SSSR count). The van der Waals surface area contributed by atoms with E-state index in [1.807, 2.05) is 37.3 Å². The topological polar surface area (TPSA) is 21.3 Å². The molecule has 2 nitrogen and oxygen atoms in total. The van der Waals surface area contributed by atoms with E-state index < -0.39 is 5.82 Å². The number of anilines is 1. The molecule has 2 aromatic rings. The van der Waals surface area contributed by atoms with Gasteiger partial charge in [-0.1, -0.05) is 30.7 Å². The lowest BCUT2D eigenvalue weighted by atomic mass is 10.1. The van der Waals surface area contributed by atoms with Crippen LogP contribution in [0.4, 0.5) is 10.1 Å². The van der Waals surface area contributed by atoms with E-state index in [0.717, 1.165) is 23.4 Å². The van der Waals surface area contributed by atoms with Gasteiger partial charge >= 0.3 is 0 Å². The normalized spacial score (nSPS) is 12.0. The standard InChI is InChI=1S/C17H19ClFNO/c1-3-9-21-15-6-4-5-14(11-15)20-12(2)13-7-8-16(18)17(19)10-13/h4-8,10-12,20H,3,9H2,1-2H3. The van der Waals surface area contributed by atoms with Gasteiger partial charge in [0.2, 0.25) is 0 Å². The summed E-state index contributed by atoms with van der Waals surface area (Å²) in [6, 6.07) is 12.6. The Balaban J connectivity index is 2.07. The predicted octanol–water partition coefficient (Wildman–Crippen LogP) is 5.44. The van der Waals surface area contributed by atoms with E-state index in [2.05, 4.69) is 12.2 Å². The minimum atomic E-state index is -0.400. The molecule has 0 radical (unpaired) electrons. The van der Waals surface area contributed by atoms with Crippen molar-refractivity contribution in [3.63, 3.8) is 0 Å². The molecule has 1 unspecified atom stereocenters. The lowest BCUT2D eigenvalue weighted by Crippen LogP contribution is -2.07. The number of halogens is 2. The van der Waals surface area contributed by atoms with Crippen molar-refractivity contribution in [1.29, 1.82) is 0 Å². The summed E-state index contributed by atoms with van der Waals surface area (Å²) in [7, 11) is 0. The van der Waals surface area contributed by atoms with Crippen LogP contribution < -0.4 is 10.1 Å². The smallest absolute Gasteiger partial charge is 0.142 e. The molecule has 0 aromatic heterocycles. The SMILES string of the molecule is CCCOc1cccc(NC(C)c2ccc(Cl)c(F)c2)c1. The van der Waals surface area contributed by atoms with Crippen molar-refractivity contribution in [2.45, 2.75) is 26.3 Å². The number of nitrogens with one attached hydrogen (secondary N) is 1. The van der Waals surface area contributed by atoms with Crippen LogP contribution in [0.1, 0.15) is 31.9 Å². The van der Waals surface area contributed by atoms with Crippen molar-refractivity contribution in [3.8, 4) is 5.75 Å². The van der Waals surface area contributed by atoms with Gasteiger partial charge in [0.25, 0.3) is 0 Å². The highest BCUT2D eigenvalue weighted by Gasteiger charge is 2.09. The van der Waals surface area contributed by atoms with Crippen LogP contribution in [0.2, 0.25) is 5.02 Å². The molecule has 0 heterocycles. The molecular formula is C17H19ClFNO. The monoisotopic (exact) mass is 307 g/mol. The first kappa shape index (κ1) is 15.6. The summed E-state index contributed by atoms with van der Waals surface area (Å²) < 4.78 is 19.1. The summed E-state index contributed by atoms with van der Waals surface area (Å²) in [5.74, 6) is 0.430. The van der Waals surface area contributed by atoms with Gasteiger partial charge in [-0.25, -0.2) is 4.39 Å². The largest absolute Gasteiger partial charge is 0.494 e. The van der Waals surface area contributed by atoms with E-state index in [0.29, 0.717) is 6.61 Å². The Kier molecular flexibility index (Phi) is 5.45. The van der Waals surface area contributed by atoms with Crippen molar-refractivity contribution < 1.29 is 9.13 Å². The summed E-state index contributed by atoms with van der Waals surface area (Å²) >= 11 is 5.70. The molecule has 0 amide bonds. The maximum atomic E-state index is 13.5. The van der Waals surface area contributed by atoms with Crippen LogP contribution in [0.25, 0.3) is 0 Å². The van der Waals surface area contributed by atoms with Crippen LogP contribution in [0.15, 0.2) is 42.5 Å². The molecule has 2 aromatic carbocycles. The Morgan fingerprint density at radius 3 is 2.76 bits per heavy atom. The molecule has 1 N–H and O–H groups in total. The number of hydrogen-bond donors (Lipinski definition) is 1. The lowest BCUT2D eigenvalue weighted by molar-refractivity contribution is 0.317. The molecule has 0 aliphatic heterocycles. The Labute approximate surface area is 129 Å². The van der Waals surface area contributed by atoms with Crippen LogP contribution in [-0.4, -0.2) is 6.61 Å². The molecule has 4 heteroatoms. The average Bonchev–Trinajstić information content (AvgIpc) is 2.48. The molecule has 21 heavy (non-hydrogen) atoms. The Hall–Kier alpha value is -1.74. The first-order valence-corrected chi connectivity index (χ1v) is 7.42. The minimum Gasteiger partial charge on any atom is -0.494 e. The molecule has 1 atom stereocenters. The average molecular weight is 308 g/mol. The summed E-state index contributed by atoms with van der Waals surface area (Å²) in [6.45, 7) is 4.74. The van der Waals surface area contributed by atoms with Crippen LogP contribution >= 0.6 is 11.6 Å². The number of hydrogen-bond acceptors (Lipinski definition) is 2. The predicted molar refractivity (Wildman–Crippen MR) is 85.7 cm³/mol. The molecule has 0 saturated heterocycles. The third-order valence-electron chi connectivity index (χ3n) is 3.13. The van der Waals surface area contributed by atoms with E-state index in [1.165, 1.54) is 6.07 Å². The third kappa shape index (κ3) is 4.36. The molecule has 0 fully saturated rings. The maximum absolute atomic E-state index is 13.5. The Bertz CT molecular complexity index is 603. The zero-order valence-electron chi connectivity index (χ0n) is 12.2. The van der Waals surface area contributed by atoms with Gasteiger partial charge in [-0.15, -0.1) is 0 Å². The highest BCUT2D eigenvalue weighted by atomic mass is 35.5. The molecule has 0 aliphatic rings. The van der Waals surface area contributed by atoms with Crippen LogP contribution in [0, 0.1) is 5.82 Å². The van der Waals surface area contributed by atoms with Crippen LogP contribution in [-0.2, 0) is 0 Å². The van der Waals surface area contributed by atoms with Gasteiger partial charge in [0.15, 0.2) is 0 Å². The van der Waals surface area contributed by atoms with Crippen molar-refractivity contribution in [2.75, 3.05) is 11.9 Å². The van der Waals surface area contributed by atoms with E-state index in [9.17, 15) is 4.39 Å².